The highest BCUT2D eigenvalue weighted by atomic mass is 35.5. The molecule has 0 atom stereocenters. The Kier molecular flexibility index (Phi) is 3.95. The lowest BCUT2D eigenvalue weighted by Crippen LogP contribution is -2.18. The van der Waals surface area contributed by atoms with Gasteiger partial charge in [-0.05, 0) is 24.6 Å². The van der Waals surface area contributed by atoms with Crippen LogP contribution in [0.25, 0.3) is 0 Å². The van der Waals surface area contributed by atoms with Crippen molar-refractivity contribution in [2.45, 2.75) is 13.1 Å². The molecule has 2 aromatic rings. The molecule has 0 spiro atoms. The minimum absolute atomic E-state index is 0.351. The summed E-state index contributed by atoms with van der Waals surface area (Å²) in [5, 5.41) is 6.12. The van der Waals surface area contributed by atoms with Crippen molar-refractivity contribution in [3.63, 3.8) is 0 Å². The fourth-order valence-electron chi connectivity index (χ4n) is 1.80. The first-order chi connectivity index (χ1) is 9.70. The molecule has 0 aliphatic rings. The predicted octanol–water partition coefficient (Wildman–Crippen LogP) is 3.65. The maximum atomic E-state index is 12.8. The van der Waals surface area contributed by atoms with Crippen molar-refractivity contribution in [2.24, 2.45) is 7.05 Å². The summed E-state index contributed by atoms with van der Waals surface area (Å²) in [5.41, 5.74) is -0.832. The molecule has 0 fully saturated rings. The van der Waals surface area contributed by atoms with Crippen LogP contribution in [0.1, 0.15) is 21.6 Å². The molecule has 8 heteroatoms. The van der Waals surface area contributed by atoms with Gasteiger partial charge in [-0.3, -0.25) is 9.48 Å². The molecule has 1 heterocycles. The van der Waals surface area contributed by atoms with E-state index >= 15 is 0 Å². The van der Waals surface area contributed by atoms with Crippen molar-refractivity contribution in [3.05, 3.63) is 46.2 Å². The van der Waals surface area contributed by atoms with Crippen LogP contribution in [-0.2, 0) is 13.2 Å². The van der Waals surface area contributed by atoms with E-state index in [9.17, 15) is 18.0 Å². The zero-order valence-corrected chi connectivity index (χ0v) is 11.9. The summed E-state index contributed by atoms with van der Waals surface area (Å²) in [4.78, 5) is 12.1. The lowest BCUT2D eigenvalue weighted by Gasteiger charge is -2.10. The fourth-order valence-corrected chi connectivity index (χ4v) is 1.97. The molecule has 0 saturated heterocycles. The summed E-state index contributed by atoms with van der Waals surface area (Å²) < 4.78 is 39.4. The van der Waals surface area contributed by atoms with Gasteiger partial charge in [0.2, 0.25) is 0 Å². The Morgan fingerprint density at radius 2 is 2.05 bits per heavy atom. The van der Waals surface area contributed by atoms with E-state index in [1.165, 1.54) is 7.05 Å². The number of nitrogens with zero attached hydrogens (tertiary/aromatic N) is 2. The molecule has 0 aliphatic carbocycles. The van der Waals surface area contributed by atoms with Crippen LogP contribution in [0.15, 0.2) is 24.4 Å². The van der Waals surface area contributed by atoms with Crippen molar-refractivity contribution in [1.29, 1.82) is 0 Å². The van der Waals surface area contributed by atoms with E-state index in [0.717, 1.165) is 10.9 Å². The minimum Gasteiger partial charge on any atom is -0.322 e. The summed E-state index contributed by atoms with van der Waals surface area (Å²) in [6.07, 6.45) is -3.67. The number of nitrogens with one attached hydrogen (secondary N) is 1. The first-order valence-corrected chi connectivity index (χ1v) is 6.25. The average Bonchev–Trinajstić information content (AvgIpc) is 2.77. The van der Waals surface area contributed by atoms with Crippen LogP contribution in [0.3, 0.4) is 0 Å². The summed E-state index contributed by atoms with van der Waals surface area (Å²) >= 11 is 5.90. The van der Waals surface area contributed by atoms with Gasteiger partial charge < -0.3 is 5.32 Å². The van der Waals surface area contributed by atoms with Gasteiger partial charge in [-0.15, -0.1) is 0 Å². The summed E-state index contributed by atoms with van der Waals surface area (Å²) in [6, 6.07) is 4.78. The van der Waals surface area contributed by atoms with Gasteiger partial charge in [-0.25, -0.2) is 0 Å². The number of anilines is 1. The van der Waals surface area contributed by atoms with E-state index in [1.54, 1.807) is 25.1 Å². The molecule has 0 bridgehead atoms. The van der Waals surface area contributed by atoms with Crippen molar-refractivity contribution < 1.29 is 18.0 Å². The third-order valence-electron chi connectivity index (χ3n) is 2.86. The van der Waals surface area contributed by atoms with Gasteiger partial charge in [0.15, 0.2) is 5.69 Å². The second-order valence-electron chi connectivity index (χ2n) is 4.43. The van der Waals surface area contributed by atoms with E-state index in [1.807, 2.05) is 0 Å². The molecule has 1 aromatic heterocycles. The molecular weight excluding hydrogens is 307 g/mol. The number of halogens is 4. The Morgan fingerprint density at radius 1 is 1.38 bits per heavy atom. The van der Waals surface area contributed by atoms with Gasteiger partial charge in [-0.1, -0.05) is 17.7 Å². The van der Waals surface area contributed by atoms with Gasteiger partial charge >= 0.3 is 6.18 Å². The highest BCUT2D eigenvalue weighted by Crippen LogP contribution is 2.31. The maximum Gasteiger partial charge on any atom is 0.435 e. The van der Waals surface area contributed by atoms with Gasteiger partial charge in [0.1, 0.15) is 0 Å². The van der Waals surface area contributed by atoms with E-state index < -0.39 is 23.3 Å². The Balaban J connectivity index is 2.36. The molecule has 2 rings (SSSR count). The normalized spacial score (nSPS) is 11.5. The lowest BCUT2D eigenvalue weighted by atomic mass is 10.1. The van der Waals surface area contributed by atoms with Crippen LogP contribution in [0.4, 0.5) is 18.9 Å². The Morgan fingerprint density at radius 3 is 2.67 bits per heavy atom. The standard InChI is InChI=1S/C13H11ClF3N3O/c1-7-9(14)4-3-5-10(7)18-12(21)8-6-20(2)19-11(8)13(15,16)17/h3-6H,1-2H3,(H,18,21). The van der Waals surface area contributed by atoms with Gasteiger partial charge in [0.25, 0.3) is 5.91 Å². The number of rotatable bonds is 2. The Hall–Kier alpha value is -2.02. The second-order valence-corrected chi connectivity index (χ2v) is 4.84. The van der Waals surface area contributed by atoms with Crippen LogP contribution < -0.4 is 5.32 Å². The minimum atomic E-state index is -4.70. The zero-order valence-electron chi connectivity index (χ0n) is 11.1. The average molecular weight is 318 g/mol. The number of alkyl halides is 3. The van der Waals surface area contributed by atoms with E-state index in [2.05, 4.69) is 10.4 Å². The number of carbonyl (C=O) groups excluding carboxylic acids is 1. The number of carbonyl (C=O) groups is 1. The van der Waals surface area contributed by atoms with E-state index in [0.29, 0.717) is 16.3 Å². The van der Waals surface area contributed by atoms with Crippen LogP contribution >= 0.6 is 11.6 Å². The third kappa shape index (κ3) is 3.18. The largest absolute Gasteiger partial charge is 0.435 e. The first kappa shape index (κ1) is 15.4. The van der Waals surface area contributed by atoms with Crippen molar-refractivity contribution in [3.8, 4) is 0 Å². The second kappa shape index (κ2) is 5.40. The molecule has 1 amide bonds. The maximum absolute atomic E-state index is 12.8. The smallest absolute Gasteiger partial charge is 0.322 e. The number of aryl methyl sites for hydroxylation is 1. The van der Waals surface area contributed by atoms with Crippen LogP contribution in [0.2, 0.25) is 5.02 Å². The van der Waals surface area contributed by atoms with Crippen LogP contribution in [-0.4, -0.2) is 15.7 Å². The Bertz CT molecular complexity index is 694. The van der Waals surface area contributed by atoms with E-state index in [-0.39, 0.29) is 0 Å². The SMILES string of the molecule is Cc1c(Cl)cccc1NC(=O)c1cn(C)nc1C(F)(F)F. The van der Waals surface area contributed by atoms with Gasteiger partial charge in [-0.2, -0.15) is 18.3 Å². The molecule has 0 unspecified atom stereocenters. The number of aromatic nitrogens is 2. The van der Waals surface area contributed by atoms with Crippen molar-refractivity contribution in [1.82, 2.24) is 9.78 Å². The topological polar surface area (TPSA) is 46.9 Å². The highest BCUT2D eigenvalue weighted by Gasteiger charge is 2.39. The quantitative estimate of drug-likeness (QED) is 0.919. The lowest BCUT2D eigenvalue weighted by molar-refractivity contribution is -0.141. The van der Waals surface area contributed by atoms with Gasteiger partial charge in [0, 0.05) is 24.0 Å². The monoisotopic (exact) mass is 317 g/mol. The number of hydrogen-bond acceptors (Lipinski definition) is 2. The molecule has 112 valence electrons. The van der Waals surface area contributed by atoms with Crippen LogP contribution in [0, 0.1) is 6.92 Å². The highest BCUT2D eigenvalue weighted by molar-refractivity contribution is 6.31. The predicted molar refractivity (Wildman–Crippen MR) is 72.4 cm³/mol. The number of amides is 1. The first-order valence-electron chi connectivity index (χ1n) is 5.87. The molecule has 4 nitrogen and oxygen atoms in total. The van der Waals surface area contributed by atoms with Crippen LogP contribution in [0.5, 0.6) is 0 Å². The summed E-state index contributed by atoms with van der Waals surface area (Å²) in [5.74, 6) is -0.888. The number of hydrogen-bond donors (Lipinski definition) is 1. The molecule has 0 aliphatic heterocycles. The summed E-state index contributed by atoms with van der Waals surface area (Å²) in [7, 11) is 1.32. The third-order valence-corrected chi connectivity index (χ3v) is 3.27. The molecule has 21 heavy (non-hydrogen) atoms. The van der Waals surface area contributed by atoms with Gasteiger partial charge in [0.05, 0.1) is 5.56 Å². The molecule has 0 radical (unpaired) electrons. The zero-order chi connectivity index (χ0) is 15.8. The summed E-state index contributed by atoms with van der Waals surface area (Å²) in [6.45, 7) is 1.66. The van der Waals surface area contributed by atoms with E-state index in [4.69, 9.17) is 11.6 Å². The molecule has 1 N–H and O–H groups in total. The molecule has 0 saturated carbocycles. The van der Waals surface area contributed by atoms with Crippen molar-refractivity contribution >= 4 is 23.2 Å². The molecular formula is C13H11ClF3N3O. The number of benzene rings is 1. The fraction of sp³-hybridized carbons (Fsp3) is 0.231. The Labute approximate surface area is 123 Å². The van der Waals surface area contributed by atoms with Crippen molar-refractivity contribution in [2.75, 3.05) is 5.32 Å². The molecule has 1 aromatic carbocycles.